The van der Waals surface area contributed by atoms with E-state index in [4.69, 9.17) is 5.73 Å². The number of carbonyl (C=O) groups is 1. The quantitative estimate of drug-likeness (QED) is 0.848. The molecule has 0 aliphatic rings. The molecule has 0 heterocycles. The topological polar surface area (TPSA) is 55.1 Å². The van der Waals surface area contributed by atoms with Crippen LogP contribution in [0.3, 0.4) is 0 Å². The third kappa shape index (κ3) is 8.18. The fourth-order valence-electron chi connectivity index (χ4n) is 1.84. The van der Waals surface area contributed by atoms with Gasteiger partial charge in [0.1, 0.15) is 0 Å². The first-order valence-electron chi connectivity index (χ1n) is 6.89. The van der Waals surface area contributed by atoms with Gasteiger partial charge in [-0.3, -0.25) is 4.79 Å². The average Bonchev–Trinajstić information content (AvgIpc) is 2.28. The van der Waals surface area contributed by atoms with Crippen LogP contribution >= 0.6 is 12.4 Å². The van der Waals surface area contributed by atoms with Crippen LogP contribution in [0.4, 0.5) is 0 Å². The van der Waals surface area contributed by atoms with Gasteiger partial charge in [0.05, 0.1) is 6.42 Å². The molecule has 0 atom stereocenters. The number of amides is 1. The number of nitrogens with two attached hydrogens (primary N) is 1. The van der Waals surface area contributed by atoms with Crippen LogP contribution in [-0.4, -0.2) is 18.0 Å². The summed E-state index contributed by atoms with van der Waals surface area (Å²) in [6.07, 6.45) is 1.49. The summed E-state index contributed by atoms with van der Waals surface area (Å²) in [5.74, 6) is 0.677. The Labute approximate surface area is 128 Å². The zero-order valence-corrected chi connectivity index (χ0v) is 13.7. The van der Waals surface area contributed by atoms with Crippen LogP contribution in [-0.2, 0) is 17.6 Å². The summed E-state index contributed by atoms with van der Waals surface area (Å²) in [5, 5.41) is 2.85. The van der Waals surface area contributed by atoms with E-state index in [0.717, 1.165) is 12.0 Å². The van der Waals surface area contributed by atoms with Crippen molar-refractivity contribution < 1.29 is 4.79 Å². The fraction of sp³-hybridized carbons (Fsp3) is 0.562. The fourth-order valence-corrected chi connectivity index (χ4v) is 1.84. The molecule has 0 aliphatic carbocycles. The maximum absolute atomic E-state index is 11.8. The van der Waals surface area contributed by atoms with Gasteiger partial charge in [-0.1, -0.05) is 38.1 Å². The highest BCUT2D eigenvalue weighted by molar-refractivity contribution is 5.85. The van der Waals surface area contributed by atoms with E-state index in [2.05, 4.69) is 31.3 Å². The van der Waals surface area contributed by atoms with Gasteiger partial charge in [-0.15, -0.1) is 12.4 Å². The normalized spacial score (nSPS) is 11.1. The molecule has 0 saturated carbocycles. The molecule has 0 radical (unpaired) electrons. The molecule has 0 bridgehead atoms. The second-order valence-corrected chi connectivity index (χ2v) is 6.36. The minimum atomic E-state index is -0.364. The Balaban J connectivity index is 0.00000361. The van der Waals surface area contributed by atoms with Crippen molar-refractivity contribution in [1.82, 2.24) is 5.32 Å². The predicted octanol–water partition coefficient (Wildman–Crippen LogP) is 2.70. The van der Waals surface area contributed by atoms with Crippen LogP contribution < -0.4 is 11.1 Å². The summed E-state index contributed by atoms with van der Waals surface area (Å²) < 4.78 is 0. The standard InChI is InChI=1S/C16H26N2O.ClH/c1-12(2)9-13-5-7-14(8-6-13)10-15(19)18-11-16(3,4)17;/h5-8,12H,9-11,17H2,1-4H3,(H,18,19);1H. The van der Waals surface area contributed by atoms with Crippen LogP contribution in [0.1, 0.15) is 38.8 Å². The molecule has 1 amide bonds. The van der Waals surface area contributed by atoms with Gasteiger partial charge in [-0.2, -0.15) is 0 Å². The van der Waals surface area contributed by atoms with Crippen molar-refractivity contribution in [3.63, 3.8) is 0 Å². The molecule has 1 rings (SSSR count). The molecular weight excluding hydrogens is 272 g/mol. The number of nitrogens with one attached hydrogen (secondary N) is 1. The third-order valence-electron chi connectivity index (χ3n) is 2.77. The van der Waals surface area contributed by atoms with Crippen molar-refractivity contribution >= 4 is 18.3 Å². The molecule has 3 nitrogen and oxygen atoms in total. The van der Waals surface area contributed by atoms with Crippen LogP contribution in [0.5, 0.6) is 0 Å². The molecule has 20 heavy (non-hydrogen) atoms. The molecule has 4 heteroatoms. The maximum atomic E-state index is 11.8. The first kappa shape index (κ1) is 18.9. The van der Waals surface area contributed by atoms with E-state index in [-0.39, 0.29) is 23.9 Å². The lowest BCUT2D eigenvalue weighted by atomic mass is 10.0. The second-order valence-electron chi connectivity index (χ2n) is 6.36. The molecule has 0 aliphatic heterocycles. The SMILES string of the molecule is CC(C)Cc1ccc(CC(=O)NCC(C)(C)N)cc1.Cl. The average molecular weight is 299 g/mol. The number of carbonyl (C=O) groups excluding carboxylic acids is 1. The van der Waals surface area contributed by atoms with Gasteiger partial charge in [-0.25, -0.2) is 0 Å². The summed E-state index contributed by atoms with van der Waals surface area (Å²) in [6, 6.07) is 8.28. The Bertz CT molecular complexity index is 407. The van der Waals surface area contributed by atoms with Gasteiger partial charge in [0.15, 0.2) is 0 Å². The Kier molecular flexibility index (Phi) is 7.84. The minimum Gasteiger partial charge on any atom is -0.354 e. The Hall–Kier alpha value is -1.06. The molecule has 0 aromatic heterocycles. The lowest BCUT2D eigenvalue weighted by molar-refractivity contribution is -0.120. The molecule has 114 valence electrons. The van der Waals surface area contributed by atoms with E-state index in [9.17, 15) is 4.79 Å². The largest absolute Gasteiger partial charge is 0.354 e. The highest BCUT2D eigenvalue weighted by Crippen LogP contribution is 2.10. The Morgan fingerprint density at radius 2 is 1.70 bits per heavy atom. The van der Waals surface area contributed by atoms with Crippen molar-refractivity contribution in [2.75, 3.05) is 6.54 Å². The number of benzene rings is 1. The van der Waals surface area contributed by atoms with Crippen molar-refractivity contribution in [2.24, 2.45) is 11.7 Å². The molecule has 0 spiro atoms. The second kappa shape index (κ2) is 8.28. The summed E-state index contributed by atoms with van der Waals surface area (Å²) in [7, 11) is 0. The lowest BCUT2D eigenvalue weighted by Crippen LogP contribution is -2.45. The first-order valence-corrected chi connectivity index (χ1v) is 6.89. The van der Waals surface area contributed by atoms with Crippen molar-refractivity contribution in [3.05, 3.63) is 35.4 Å². The molecule has 1 aromatic carbocycles. The molecule has 0 fully saturated rings. The van der Waals surface area contributed by atoms with Crippen LogP contribution in [0.25, 0.3) is 0 Å². The zero-order valence-electron chi connectivity index (χ0n) is 12.9. The summed E-state index contributed by atoms with van der Waals surface area (Å²) in [5.41, 5.74) is 7.83. The van der Waals surface area contributed by atoms with Gasteiger partial charge < -0.3 is 11.1 Å². The van der Waals surface area contributed by atoms with Gasteiger partial charge in [0.2, 0.25) is 5.91 Å². The zero-order chi connectivity index (χ0) is 14.5. The van der Waals surface area contributed by atoms with Crippen LogP contribution in [0, 0.1) is 5.92 Å². The molecule has 1 aromatic rings. The summed E-state index contributed by atoms with van der Waals surface area (Å²) in [6.45, 7) is 8.70. The monoisotopic (exact) mass is 298 g/mol. The number of hydrogen-bond donors (Lipinski definition) is 2. The van der Waals surface area contributed by atoms with Crippen LogP contribution in [0.2, 0.25) is 0 Å². The number of halogens is 1. The lowest BCUT2D eigenvalue weighted by Gasteiger charge is -2.18. The van der Waals surface area contributed by atoms with E-state index in [0.29, 0.717) is 18.9 Å². The smallest absolute Gasteiger partial charge is 0.224 e. The highest BCUT2D eigenvalue weighted by Gasteiger charge is 2.12. The maximum Gasteiger partial charge on any atom is 0.224 e. The van der Waals surface area contributed by atoms with Crippen molar-refractivity contribution in [2.45, 2.75) is 46.1 Å². The first-order chi connectivity index (χ1) is 8.76. The minimum absolute atomic E-state index is 0. The van der Waals surface area contributed by atoms with E-state index < -0.39 is 0 Å². The third-order valence-corrected chi connectivity index (χ3v) is 2.77. The van der Waals surface area contributed by atoms with E-state index in [1.807, 2.05) is 26.0 Å². The Morgan fingerprint density at radius 3 is 2.15 bits per heavy atom. The van der Waals surface area contributed by atoms with Gasteiger partial charge in [0, 0.05) is 12.1 Å². The van der Waals surface area contributed by atoms with Gasteiger partial charge in [0.25, 0.3) is 0 Å². The summed E-state index contributed by atoms with van der Waals surface area (Å²) >= 11 is 0. The van der Waals surface area contributed by atoms with Crippen molar-refractivity contribution in [1.29, 1.82) is 0 Å². The Morgan fingerprint density at radius 1 is 1.20 bits per heavy atom. The summed E-state index contributed by atoms with van der Waals surface area (Å²) in [4.78, 5) is 11.8. The van der Waals surface area contributed by atoms with E-state index >= 15 is 0 Å². The molecule has 0 saturated heterocycles. The van der Waals surface area contributed by atoms with E-state index in [1.54, 1.807) is 0 Å². The van der Waals surface area contributed by atoms with Gasteiger partial charge in [-0.05, 0) is 37.3 Å². The number of rotatable bonds is 6. The van der Waals surface area contributed by atoms with Gasteiger partial charge >= 0.3 is 0 Å². The molecule has 0 unspecified atom stereocenters. The highest BCUT2D eigenvalue weighted by atomic mass is 35.5. The number of hydrogen-bond acceptors (Lipinski definition) is 2. The predicted molar refractivity (Wildman–Crippen MR) is 87.2 cm³/mol. The van der Waals surface area contributed by atoms with Crippen molar-refractivity contribution in [3.8, 4) is 0 Å². The molecule has 3 N–H and O–H groups in total. The molecular formula is C16H27ClN2O. The van der Waals surface area contributed by atoms with E-state index in [1.165, 1.54) is 5.56 Å². The van der Waals surface area contributed by atoms with Crippen LogP contribution in [0.15, 0.2) is 24.3 Å².